The average Bonchev–Trinajstić information content (AvgIpc) is 3.39. The minimum absolute atomic E-state index is 1.17. The van der Waals surface area contributed by atoms with Crippen molar-refractivity contribution in [2.75, 3.05) is 0 Å². The summed E-state index contributed by atoms with van der Waals surface area (Å²) in [5.74, 6) is 0. The molecule has 0 aliphatic rings. The highest BCUT2D eigenvalue weighted by Crippen LogP contribution is 2.48. The summed E-state index contributed by atoms with van der Waals surface area (Å²) in [6.45, 7) is 0. The number of hydrogen-bond donors (Lipinski definition) is 0. The van der Waals surface area contributed by atoms with Crippen LogP contribution in [0.2, 0.25) is 0 Å². The van der Waals surface area contributed by atoms with Crippen molar-refractivity contribution in [3.8, 4) is 66.8 Å². The van der Waals surface area contributed by atoms with Crippen LogP contribution in [-0.4, -0.2) is 0 Å². The first-order valence-electron chi connectivity index (χ1n) is 22.8. The van der Waals surface area contributed by atoms with E-state index < -0.39 is 0 Å². The van der Waals surface area contributed by atoms with Crippen LogP contribution in [0.1, 0.15) is 11.1 Å². The quantitative estimate of drug-likeness (QED) is 0.106. The van der Waals surface area contributed by atoms with Gasteiger partial charge in [0.05, 0.1) is 0 Å². The Bertz CT molecular complexity index is 3710. The van der Waals surface area contributed by atoms with Crippen LogP contribution < -0.4 is 0 Å². The molecule has 0 amide bonds. The van der Waals surface area contributed by atoms with Gasteiger partial charge in [0.2, 0.25) is 0 Å². The van der Waals surface area contributed by atoms with E-state index in [2.05, 4.69) is 267 Å². The van der Waals surface area contributed by atoms with E-state index in [0.29, 0.717) is 0 Å². The normalized spacial score (nSPS) is 11.6. The van der Waals surface area contributed by atoms with Crippen LogP contribution in [0.4, 0.5) is 0 Å². The van der Waals surface area contributed by atoms with Gasteiger partial charge in [-0.05, 0) is 121 Å². The monoisotopic (exact) mass is 836 g/mol. The third-order valence-corrected chi connectivity index (χ3v) is 13.3. The van der Waals surface area contributed by atoms with E-state index >= 15 is 0 Å². The number of rotatable bonds is 8. The predicted octanol–water partition coefficient (Wildman–Crippen LogP) is 18.5. The zero-order valence-electron chi connectivity index (χ0n) is 36.4. The van der Waals surface area contributed by atoms with Gasteiger partial charge in [-0.1, -0.05) is 267 Å². The first kappa shape index (κ1) is 39.0. The Kier molecular flexibility index (Phi) is 9.97. The Morgan fingerprint density at radius 3 is 0.970 bits per heavy atom. The standard InChI is InChI=1S/C66H44/c1-4-23-48(24-5-1)62-55-31-14-16-33-57(55)63(58-34-17-15-32-56(58)62)51-43-41-47(42-44-51)52-29-12-10-21-45(52)39-40-46-22-11-13-30-53(46)54-37-20-38-61-64(49-25-6-2-7-26-49)59-35-18-19-36-60(59)65(66(54)61)50-27-8-3-9-28-50/h1-44H. The summed E-state index contributed by atoms with van der Waals surface area (Å²) < 4.78 is 0. The van der Waals surface area contributed by atoms with Crippen molar-refractivity contribution in [2.24, 2.45) is 0 Å². The largest absolute Gasteiger partial charge is 0.0622 e. The molecule has 66 heavy (non-hydrogen) atoms. The summed E-state index contributed by atoms with van der Waals surface area (Å²) in [6, 6.07) is 92.9. The van der Waals surface area contributed by atoms with Crippen LogP contribution in [0, 0.1) is 0 Å². The highest BCUT2D eigenvalue weighted by Gasteiger charge is 2.21. The highest BCUT2D eigenvalue weighted by molar-refractivity contribution is 6.25. The summed E-state index contributed by atoms with van der Waals surface area (Å²) >= 11 is 0. The lowest BCUT2D eigenvalue weighted by atomic mass is 9.82. The first-order chi connectivity index (χ1) is 32.8. The van der Waals surface area contributed by atoms with Crippen LogP contribution in [0.5, 0.6) is 0 Å². The van der Waals surface area contributed by atoms with Crippen molar-refractivity contribution in [3.05, 3.63) is 266 Å². The van der Waals surface area contributed by atoms with Gasteiger partial charge in [-0.15, -0.1) is 0 Å². The minimum atomic E-state index is 1.17. The van der Waals surface area contributed by atoms with E-state index in [1.54, 1.807) is 0 Å². The molecule has 0 bridgehead atoms. The second kappa shape index (κ2) is 16.8. The molecule has 0 fully saturated rings. The second-order valence-electron chi connectivity index (χ2n) is 17.0. The molecule has 12 rings (SSSR count). The van der Waals surface area contributed by atoms with Crippen molar-refractivity contribution < 1.29 is 0 Å². The average molecular weight is 837 g/mol. The summed E-state index contributed by atoms with van der Waals surface area (Å²) in [5.41, 5.74) is 17.1. The van der Waals surface area contributed by atoms with Crippen LogP contribution in [-0.2, 0) is 0 Å². The van der Waals surface area contributed by atoms with Gasteiger partial charge in [0.1, 0.15) is 0 Å². The fourth-order valence-electron chi connectivity index (χ4n) is 10.4. The highest BCUT2D eigenvalue weighted by atomic mass is 14.2. The predicted molar refractivity (Wildman–Crippen MR) is 284 cm³/mol. The molecule has 12 aromatic carbocycles. The first-order valence-corrected chi connectivity index (χ1v) is 22.8. The van der Waals surface area contributed by atoms with E-state index in [9.17, 15) is 0 Å². The molecular weight excluding hydrogens is 793 g/mol. The molecule has 0 atom stereocenters. The Balaban J connectivity index is 0.971. The maximum absolute atomic E-state index is 2.31. The minimum Gasteiger partial charge on any atom is -0.0622 e. The van der Waals surface area contributed by atoms with Crippen molar-refractivity contribution >= 4 is 55.2 Å². The molecule has 0 aliphatic carbocycles. The van der Waals surface area contributed by atoms with E-state index in [-0.39, 0.29) is 0 Å². The van der Waals surface area contributed by atoms with Gasteiger partial charge in [-0.2, -0.15) is 0 Å². The van der Waals surface area contributed by atoms with Crippen LogP contribution in [0.25, 0.3) is 122 Å². The lowest BCUT2D eigenvalue weighted by Crippen LogP contribution is -1.94. The Labute approximate surface area is 386 Å². The molecule has 0 nitrogen and oxygen atoms in total. The van der Waals surface area contributed by atoms with Crippen molar-refractivity contribution in [2.45, 2.75) is 0 Å². The van der Waals surface area contributed by atoms with Gasteiger partial charge in [-0.3, -0.25) is 0 Å². The molecule has 0 saturated heterocycles. The zero-order chi connectivity index (χ0) is 43.8. The lowest BCUT2D eigenvalue weighted by molar-refractivity contribution is 1.58. The molecule has 0 spiro atoms. The Morgan fingerprint density at radius 2 is 0.485 bits per heavy atom. The summed E-state index contributed by atoms with van der Waals surface area (Å²) in [5, 5.41) is 10.1. The summed E-state index contributed by atoms with van der Waals surface area (Å²) in [6.07, 6.45) is 4.59. The van der Waals surface area contributed by atoms with E-state index in [1.165, 1.54) is 121 Å². The molecule has 0 aromatic heterocycles. The Morgan fingerprint density at radius 1 is 0.182 bits per heavy atom. The molecule has 0 N–H and O–H groups in total. The van der Waals surface area contributed by atoms with Crippen LogP contribution in [0.15, 0.2) is 255 Å². The van der Waals surface area contributed by atoms with E-state index in [4.69, 9.17) is 0 Å². The van der Waals surface area contributed by atoms with Crippen LogP contribution in [0.3, 0.4) is 0 Å². The van der Waals surface area contributed by atoms with Gasteiger partial charge in [0.15, 0.2) is 0 Å². The second-order valence-corrected chi connectivity index (χ2v) is 17.0. The fraction of sp³-hybridized carbons (Fsp3) is 0. The third-order valence-electron chi connectivity index (χ3n) is 13.3. The lowest BCUT2D eigenvalue weighted by Gasteiger charge is -2.21. The smallest absolute Gasteiger partial charge is 0.00139 e. The van der Waals surface area contributed by atoms with Gasteiger partial charge < -0.3 is 0 Å². The van der Waals surface area contributed by atoms with E-state index in [0.717, 1.165) is 0 Å². The molecule has 0 saturated carbocycles. The molecule has 0 aliphatic heterocycles. The topological polar surface area (TPSA) is 0 Å². The molecular formula is C66H44. The third kappa shape index (κ3) is 6.79. The zero-order valence-corrected chi connectivity index (χ0v) is 36.4. The summed E-state index contributed by atoms with van der Waals surface area (Å²) in [4.78, 5) is 0. The molecule has 0 radical (unpaired) electrons. The van der Waals surface area contributed by atoms with Crippen molar-refractivity contribution in [3.63, 3.8) is 0 Å². The van der Waals surface area contributed by atoms with Gasteiger partial charge >= 0.3 is 0 Å². The maximum atomic E-state index is 2.31. The summed E-state index contributed by atoms with van der Waals surface area (Å²) in [7, 11) is 0. The molecule has 0 heterocycles. The van der Waals surface area contributed by atoms with E-state index in [1.807, 2.05) is 0 Å². The Hall–Kier alpha value is -8.58. The molecule has 0 unspecified atom stereocenters. The number of fused-ring (bicyclic) bond motifs is 4. The maximum Gasteiger partial charge on any atom is -0.00139 e. The van der Waals surface area contributed by atoms with Gasteiger partial charge in [-0.25, -0.2) is 0 Å². The molecule has 0 heteroatoms. The van der Waals surface area contributed by atoms with Gasteiger partial charge in [0, 0.05) is 0 Å². The van der Waals surface area contributed by atoms with Crippen LogP contribution >= 0.6 is 0 Å². The SMILES string of the molecule is C(=Cc1ccccc1-c1cccc2c(-c3ccccc3)c3ccccc3c(-c3ccccc3)c12)c1ccccc1-c1ccc(-c2c3ccccc3c(-c3ccccc3)c3ccccc23)cc1. The molecule has 308 valence electrons. The number of hydrogen-bond acceptors (Lipinski definition) is 0. The molecule has 12 aromatic rings. The number of benzene rings is 12. The van der Waals surface area contributed by atoms with Crippen molar-refractivity contribution in [1.82, 2.24) is 0 Å². The fourth-order valence-corrected chi connectivity index (χ4v) is 10.4. The van der Waals surface area contributed by atoms with Crippen molar-refractivity contribution in [1.29, 1.82) is 0 Å². The van der Waals surface area contributed by atoms with Gasteiger partial charge in [0.25, 0.3) is 0 Å².